The van der Waals surface area contributed by atoms with Gasteiger partial charge in [-0.05, 0) is 41.5 Å². The first-order valence-corrected chi connectivity index (χ1v) is 11.9. The summed E-state index contributed by atoms with van der Waals surface area (Å²) < 4.78 is 6.71. The van der Waals surface area contributed by atoms with Gasteiger partial charge in [-0.1, -0.05) is 92.2 Å². The number of rotatable bonds is 1. The molecule has 0 bridgehead atoms. The fourth-order valence-electron chi connectivity index (χ4n) is 5.97. The minimum atomic E-state index is -0.257. The van der Waals surface area contributed by atoms with Crippen molar-refractivity contribution in [3.05, 3.63) is 101 Å². The molecule has 164 valence electrons. The van der Waals surface area contributed by atoms with Gasteiger partial charge >= 0.3 is 0 Å². The highest BCUT2D eigenvalue weighted by atomic mass is 16.3. The van der Waals surface area contributed by atoms with Crippen LogP contribution in [0.1, 0.15) is 36.1 Å². The Morgan fingerprint density at radius 1 is 0.765 bits per heavy atom. The summed E-state index contributed by atoms with van der Waals surface area (Å²) in [5.41, 5.74) is 11.2. The highest BCUT2D eigenvalue weighted by molar-refractivity contribution is 6.19. The lowest BCUT2D eigenvalue weighted by Crippen LogP contribution is -2.20. The molecule has 2 aromatic heterocycles. The smallest absolute Gasteiger partial charge is 0.143 e. The van der Waals surface area contributed by atoms with Crippen LogP contribution in [-0.4, -0.2) is 4.98 Å². The maximum absolute atomic E-state index is 6.71. The molecule has 34 heavy (non-hydrogen) atoms. The predicted molar refractivity (Wildman–Crippen MR) is 141 cm³/mol. The van der Waals surface area contributed by atoms with Gasteiger partial charge in [-0.2, -0.15) is 0 Å². The first-order chi connectivity index (χ1) is 16.4. The van der Waals surface area contributed by atoms with E-state index in [4.69, 9.17) is 9.40 Å². The molecule has 0 unspecified atom stereocenters. The summed E-state index contributed by atoms with van der Waals surface area (Å²) in [7, 11) is 0. The summed E-state index contributed by atoms with van der Waals surface area (Å²) in [5, 5.41) is 4.88. The van der Waals surface area contributed by atoms with Crippen LogP contribution in [0.4, 0.5) is 0 Å². The molecule has 0 spiro atoms. The molecule has 2 nitrogen and oxygen atoms in total. The molecular weight excluding hydrogens is 414 g/mol. The molecule has 0 aliphatic heterocycles. The van der Waals surface area contributed by atoms with Crippen molar-refractivity contribution in [1.82, 2.24) is 4.98 Å². The Labute approximate surface area is 198 Å². The van der Waals surface area contributed by atoms with Crippen molar-refractivity contribution in [1.29, 1.82) is 0 Å². The van der Waals surface area contributed by atoms with Crippen LogP contribution < -0.4 is 0 Å². The Morgan fingerprint density at radius 3 is 2.38 bits per heavy atom. The van der Waals surface area contributed by atoms with Crippen LogP contribution in [0.3, 0.4) is 0 Å². The van der Waals surface area contributed by atoms with Gasteiger partial charge in [-0.3, -0.25) is 4.98 Å². The fourth-order valence-corrected chi connectivity index (χ4v) is 5.97. The molecule has 6 aromatic rings. The number of furan rings is 1. The van der Waals surface area contributed by atoms with Crippen LogP contribution in [0.5, 0.6) is 0 Å². The van der Waals surface area contributed by atoms with Crippen LogP contribution >= 0.6 is 0 Å². The van der Waals surface area contributed by atoms with E-state index in [0.717, 1.165) is 33.6 Å². The monoisotopic (exact) mass is 439 g/mol. The number of pyridine rings is 1. The van der Waals surface area contributed by atoms with E-state index in [2.05, 4.69) is 100 Å². The summed E-state index contributed by atoms with van der Waals surface area (Å²) in [5.74, 6) is 0. The van der Waals surface area contributed by atoms with Crippen LogP contribution in [0, 0.1) is 13.8 Å². The number of nitrogens with zero attached hydrogens (tertiary/aromatic N) is 1. The summed E-state index contributed by atoms with van der Waals surface area (Å²) in [6.45, 7) is 8.98. The second-order valence-corrected chi connectivity index (χ2v) is 10.2. The highest BCUT2D eigenvalue weighted by Crippen LogP contribution is 2.52. The van der Waals surface area contributed by atoms with Crippen molar-refractivity contribution in [2.75, 3.05) is 0 Å². The normalized spacial score (nSPS) is 14.1. The maximum Gasteiger partial charge on any atom is 0.143 e. The first-order valence-electron chi connectivity index (χ1n) is 11.9. The summed E-state index contributed by atoms with van der Waals surface area (Å²) >= 11 is 0. The number of benzene rings is 4. The standard InChI is InChI=1S/C32H25NO/c1-18-10-12-21-17-33-29-23-13-11-19(2)30-26(23)27-25(32(3,4)28(29)24(21)16-18)15-14-22(31(27)34-30)20-8-6-5-7-9-20/h5-17H,1-4H3. The maximum atomic E-state index is 6.71. The lowest BCUT2D eigenvalue weighted by Gasteiger charge is -2.29. The van der Waals surface area contributed by atoms with Crippen LogP contribution in [0.25, 0.3) is 55.1 Å². The van der Waals surface area contributed by atoms with E-state index in [-0.39, 0.29) is 5.41 Å². The molecule has 0 radical (unpaired) electrons. The summed E-state index contributed by atoms with van der Waals surface area (Å²) in [4.78, 5) is 5.08. The Balaban J connectivity index is 1.73. The van der Waals surface area contributed by atoms with Gasteiger partial charge < -0.3 is 4.42 Å². The van der Waals surface area contributed by atoms with E-state index in [1.165, 1.54) is 43.8 Å². The van der Waals surface area contributed by atoms with Gasteiger partial charge in [0.2, 0.25) is 0 Å². The van der Waals surface area contributed by atoms with E-state index < -0.39 is 0 Å². The largest absolute Gasteiger partial charge is 0.455 e. The summed E-state index contributed by atoms with van der Waals surface area (Å²) in [6.07, 6.45) is 2.03. The van der Waals surface area contributed by atoms with Crippen molar-refractivity contribution in [3.63, 3.8) is 0 Å². The average molecular weight is 440 g/mol. The Kier molecular flexibility index (Phi) is 3.78. The van der Waals surface area contributed by atoms with Crippen molar-refractivity contribution in [2.24, 2.45) is 0 Å². The predicted octanol–water partition coefficient (Wildman–Crippen LogP) is 8.72. The highest BCUT2D eigenvalue weighted by Gasteiger charge is 2.36. The topological polar surface area (TPSA) is 26.0 Å². The third-order valence-corrected chi connectivity index (χ3v) is 7.65. The zero-order valence-corrected chi connectivity index (χ0v) is 19.9. The zero-order chi connectivity index (χ0) is 23.2. The molecule has 1 aliphatic rings. The van der Waals surface area contributed by atoms with Gasteiger partial charge in [-0.25, -0.2) is 0 Å². The first kappa shape index (κ1) is 19.5. The van der Waals surface area contributed by atoms with Gasteiger partial charge in [0.15, 0.2) is 0 Å². The molecular formula is C32H25NO. The molecule has 2 heterocycles. The number of aryl methyl sites for hydroxylation is 2. The van der Waals surface area contributed by atoms with E-state index in [9.17, 15) is 0 Å². The minimum Gasteiger partial charge on any atom is -0.455 e. The molecule has 2 heteroatoms. The van der Waals surface area contributed by atoms with Crippen molar-refractivity contribution >= 4 is 32.7 Å². The second-order valence-electron chi connectivity index (χ2n) is 10.2. The van der Waals surface area contributed by atoms with E-state index in [0.29, 0.717) is 0 Å². The Morgan fingerprint density at radius 2 is 1.56 bits per heavy atom. The number of aromatic nitrogens is 1. The second kappa shape index (κ2) is 6.57. The lowest BCUT2D eigenvalue weighted by molar-refractivity contribution is 0.646. The SMILES string of the molecule is Cc1ccc2cnc3c(c2c1)C(C)(C)c1ccc(-c2ccccc2)c2oc4c(C)ccc-3c4c12. The van der Waals surface area contributed by atoms with Crippen LogP contribution in [0.2, 0.25) is 0 Å². The molecule has 0 fully saturated rings. The molecule has 0 N–H and O–H groups in total. The molecule has 4 aromatic carbocycles. The van der Waals surface area contributed by atoms with Crippen LogP contribution in [-0.2, 0) is 5.41 Å². The molecule has 0 saturated carbocycles. The van der Waals surface area contributed by atoms with E-state index in [1.54, 1.807) is 0 Å². The van der Waals surface area contributed by atoms with Gasteiger partial charge in [0, 0.05) is 38.9 Å². The molecule has 0 atom stereocenters. The van der Waals surface area contributed by atoms with Crippen molar-refractivity contribution in [2.45, 2.75) is 33.1 Å². The van der Waals surface area contributed by atoms with E-state index >= 15 is 0 Å². The Hall–Kier alpha value is -3.91. The lowest BCUT2D eigenvalue weighted by atomic mass is 9.74. The van der Waals surface area contributed by atoms with Gasteiger partial charge in [-0.15, -0.1) is 0 Å². The minimum absolute atomic E-state index is 0.257. The number of fused-ring (bicyclic) bond motifs is 4. The molecule has 7 rings (SSSR count). The van der Waals surface area contributed by atoms with Gasteiger partial charge in [0.25, 0.3) is 0 Å². The average Bonchev–Trinajstić information content (AvgIpc) is 3.21. The number of hydrogen-bond donors (Lipinski definition) is 0. The third kappa shape index (κ3) is 2.43. The fraction of sp³-hybridized carbons (Fsp3) is 0.156. The zero-order valence-electron chi connectivity index (χ0n) is 19.9. The van der Waals surface area contributed by atoms with Crippen molar-refractivity contribution < 1.29 is 4.42 Å². The van der Waals surface area contributed by atoms with Gasteiger partial charge in [0.1, 0.15) is 11.2 Å². The third-order valence-electron chi connectivity index (χ3n) is 7.65. The molecule has 0 saturated heterocycles. The molecule has 0 amide bonds. The van der Waals surface area contributed by atoms with Crippen LogP contribution in [0.15, 0.2) is 83.4 Å². The molecule has 1 aliphatic carbocycles. The van der Waals surface area contributed by atoms with Crippen molar-refractivity contribution in [3.8, 4) is 22.4 Å². The number of hydrogen-bond acceptors (Lipinski definition) is 2. The van der Waals surface area contributed by atoms with Gasteiger partial charge in [0.05, 0.1) is 5.69 Å². The van der Waals surface area contributed by atoms with E-state index in [1.807, 2.05) is 6.20 Å². The quantitative estimate of drug-likeness (QED) is 0.256. The summed E-state index contributed by atoms with van der Waals surface area (Å²) in [6, 6.07) is 26.2. The Bertz CT molecular complexity index is 1790.